The van der Waals surface area contributed by atoms with Crippen LogP contribution in [0, 0.1) is 0 Å². The Morgan fingerprint density at radius 1 is 1.40 bits per heavy atom. The molecule has 0 aliphatic carbocycles. The zero-order valence-electron chi connectivity index (χ0n) is 5.24. The third-order valence-electron chi connectivity index (χ3n) is 1.38. The lowest BCUT2D eigenvalue weighted by Crippen LogP contribution is -1.80. The first-order chi connectivity index (χ1) is 4.86. The molecule has 1 heterocycles. The van der Waals surface area contributed by atoms with Crippen molar-refractivity contribution < 1.29 is 4.52 Å². The Bertz CT molecular complexity index is 353. The molecule has 0 radical (unpaired) electrons. The van der Waals surface area contributed by atoms with Crippen molar-refractivity contribution in [3.05, 3.63) is 24.4 Å². The van der Waals surface area contributed by atoms with Gasteiger partial charge >= 0.3 is 0 Å². The van der Waals surface area contributed by atoms with E-state index in [2.05, 4.69) is 5.16 Å². The summed E-state index contributed by atoms with van der Waals surface area (Å²) in [6, 6.07) is 5.41. The van der Waals surface area contributed by atoms with Gasteiger partial charge in [-0.25, -0.2) is 0 Å². The van der Waals surface area contributed by atoms with E-state index in [1.54, 1.807) is 18.3 Å². The highest BCUT2D eigenvalue weighted by Gasteiger charge is 1.95. The molecule has 0 bridgehead atoms. The van der Waals surface area contributed by atoms with E-state index in [4.69, 9.17) is 10.3 Å². The Morgan fingerprint density at radius 3 is 3.20 bits per heavy atom. The summed E-state index contributed by atoms with van der Waals surface area (Å²) in [4.78, 5) is 0. The summed E-state index contributed by atoms with van der Waals surface area (Å²) >= 11 is 0. The Balaban J connectivity index is 2.86. The number of nitrogens with zero attached hydrogens (tertiary/aromatic N) is 1. The fourth-order valence-corrected chi connectivity index (χ4v) is 0.891. The second-order valence-corrected chi connectivity index (χ2v) is 2.12. The molecule has 0 amide bonds. The van der Waals surface area contributed by atoms with Gasteiger partial charge in [0.15, 0.2) is 5.58 Å². The standard InChI is InChI=1S/C7H6N2O/c8-6-1-2-7-5(3-6)4-9-10-7/h1-4H,8H2. The zero-order valence-corrected chi connectivity index (χ0v) is 5.24. The maximum atomic E-state index is 5.51. The predicted octanol–water partition coefficient (Wildman–Crippen LogP) is 1.41. The summed E-state index contributed by atoms with van der Waals surface area (Å²) in [5.74, 6) is 0. The van der Waals surface area contributed by atoms with Crippen LogP contribution in [0.5, 0.6) is 0 Å². The third-order valence-corrected chi connectivity index (χ3v) is 1.38. The van der Waals surface area contributed by atoms with E-state index in [9.17, 15) is 0 Å². The number of hydrogen-bond acceptors (Lipinski definition) is 3. The van der Waals surface area contributed by atoms with Gasteiger partial charge in [-0.3, -0.25) is 0 Å². The molecule has 0 atom stereocenters. The molecular weight excluding hydrogens is 128 g/mol. The van der Waals surface area contributed by atoms with E-state index in [-0.39, 0.29) is 0 Å². The number of fused-ring (bicyclic) bond motifs is 1. The highest BCUT2D eigenvalue weighted by Crippen LogP contribution is 2.15. The van der Waals surface area contributed by atoms with Gasteiger partial charge in [0.1, 0.15) is 0 Å². The van der Waals surface area contributed by atoms with E-state index in [1.165, 1.54) is 0 Å². The molecule has 50 valence electrons. The van der Waals surface area contributed by atoms with Gasteiger partial charge in [-0.2, -0.15) is 0 Å². The quantitative estimate of drug-likeness (QED) is 0.554. The van der Waals surface area contributed by atoms with Crippen LogP contribution >= 0.6 is 0 Å². The highest BCUT2D eigenvalue weighted by atomic mass is 16.5. The van der Waals surface area contributed by atoms with Crippen LogP contribution in [0.3, 0.4) is 0 Å². The Morgan fingerprint density at radius 2 is 2.30 bits per heavy atom. The van der Waals surface area contributed by atoms with Crippen molar-refractivity contribution in [3.63, 3.8) is 0 Å². The molecule has 2 aromatic rings. The van der Waals surface area contributed by atoms with Crippen molar-refractivity contribution in [3.8, 4) is 0 Å². The molecule has 0 saturated carbocycles. The van der Waals surface area contributed by atoms with E-state index in [0.29, 0.717) is 0 Å². The number of anilines is 1. The maximum Gasteiger partial charge on any atom is 0.166 e. The molecule has 0 unspecified atom stereocenters. The van der Waals surface area contributed by atoms with Crippen molar-refractivity contribution in [2.75, 3.05) is 5.73 Å². The molecule has 0 aliphatic heterocycles. The topological polar surface area (TPSA) is 52.0 Å². The lowest BCUT2D eigenvalue weighted by atomic mass is 10.2. The van der Waals surface area contributed by atoms with Crippen LogP contribution in [0.4, 0.5) is 5.69 Å². The minimum Gasteiger partial charge on any atom is -0.399 e. The number of nitrogens with two attached hydrogens (primary N) is 1. The summed E-state index contributed by atoms with van der Waals surface area (Å²) in [5, 5.41) is 4.56. The van der Waals surface area contributed by atoms with E-state index >= 15 is 0 Å². The molecule has 1 aromatic heterocycles. The van der Waals surface area contributed by atoms with Crippen LogP contribution in [0.2, 0.25) is 0 Å². The lowest BCUT2D eigenvalue weighted by Gasteiger charge is -1.88. The Labute approximate surface area is 57.4 Å². The summed E-state index contributed by atoms with van der Waals surface area (Å²) in [6.07, 6.45) is 1.64. The molecule has 3 nitrogen and oxygen atoms in total. The van der Waals surface area contributed by atoms with Crippen LogP contribution in [0.25, 0.3) is 11.0 Å². The molecule has 0 spiro atoms. The van der Waals surface area contributed by atoms with Gasteiger partial charge < -0.3 is 10.3 Å². The van der Waals surface area contributed by atoms with Crippen LogP contribution < -0.4 is 5.73 Å². The first kappa shape index (κ1) is 5.29. The summed E-state index contributed by atoms with van der Waals surface area (Å²) in [5.41, 5.74) is 7.02. The van der Waals surface area contributed by atoms with E-state index in [1.807, 2.05) is 6.07 Å². The molecular formula is C7H6N2O. The average molecular weight is 134 g/mol. The van der Waals surface area contributed by atoms with Crippen LogP contribution in [0.15, 0.2) is 28.9 Å². The summed E-state index contributed by atoms with van der Waals surface area (Å²) in [7, 11) is 0. The van der Waals surface area contributed by atoms with Gasteiger partial charge in [0.05, 0.1) is 6.20 Å². The SMILES string of the molecule is Nc1ccc2oncc2c1. The van der Waals surface area contributed by atoms with Gasteiger partial charge in [0.25, 0.3) is 0 Å². The fourth-order valence-electron chi connectivity index (χ4n) is 0.891. The van der Waals surface area contributed by atoms with E-state index < -0.39 is 0 Å². The van der Waals surface area contributed by atoms with Gasteiger partial charge in [-0.15, -0.1) is 0 Å². The number of aromatic nitrogens is 1. The van der Waals surface area contributed by atoms with Crippen LogP contribution in [-0.2, 0) is 0 Å². The van der Waals surface area contributed by atoms with Gasteiger partial charge in [-0.1, -0.05) is 5.16 Å². The van der Waals surface area contributed by atoms with Crippen molar-refractivity contribution >= 4 is 16.7 Å². The monoisotopic (exact) mass is 134 g/mol. The van der Waals surface area contributed by atoms with Crippen LogP contribution in [-0.4, -0.2) is 5.16 Å². The smallest absolute Gasteiger partial charge is 0.166 e. The third kappa shape index (κ3) is 0.639. The largest absolute Gasteiger partial charge is 0.399 e. The minimum atomic E-state index is 0.732. The minimum absolute atomic E-state index is 0.732. The van der Waals surface area contributed by atoms with Crippen LogP contribution in [0.1, 0.15) is 0 Å². The summed E-state index contributed by atoms with van der Waals surface area (Å²) in [6.45, 7) is 0. The van der Waals surface area contributed by atoms with Crippen molar-refractivity contribution in [1.82, 2.24) is 5.16 Å². The normalized spacial score (nSPS) is 10.4. The lowest BCUT2D eigenvalue weighted by molar-refractivity contribution is 0.456. The first-order valence-corrected chi connectivity index (χ1v) is 2.96. The van der Waals surface area contributed by atoms with Gasteiger partial charge in [0, 0.05) is 11.1 Å². The zero-order chi connectivity index (χ0) is 6.97. The molecule has 0 fully saturated rings. The Kier molecular flexibility index (Phi) is 0.917. The number of hydrogen-bond donors (Lipinski definition) is 1. The van der Waals surface area contributed by atoms with Crippen molar-refractivity contribution in [1.29, 1.82) is 0 Å². The molecule has 0 aliphatic rings. The molecule has 2 N–H and O–H groups in total. The summed E-state index contributed by atoms with van der Waals surface area (Å²) < 4.78 is 4.87. The highest BCUT2D eigenvalue weighted by molar-refractivity contribution is 5.79. The molecule has 0 saturated heterocycles. The predicted molar refractivity (Wildman–Crippen MR) is 38.4 cm³/mol. The second kappa shape index (κ2) is 1.73. The van der Waals surface area contributed by atoms with Crippen molar-refractivity contribution in [2.45, 2.75) is 0 Å². The van der Waals surface area contributed by atoms with Gasteiger partial charge in [-0.05, 0) is 18.2 Å². The fraction of sp³-hybridized carbons (Fsp3) is 0. The van der Waals surface area contributed by atoms with Gasteiger partial charge in [0.2, 0.25) is 0 Å². The number of benzene rings is 1. The molecule has 3 heteroatoms. The maximum absolute atomic E-state index is 5.51. The number of nitrogen functional groups attached to an aromatic ring is 1. The molecule has 2 rings (SSSR count). The molecule has 10 heavy (non-hydrogen) atoms. The van der Waals surface area contributed by atoms with Crippen molar-refractivity contribution in [2.24, 2.45) is 0 Å². The second-order valence-electron chi connectivity index (χ2n) is 2.12. The average Bonchev–Trinajstić information content (AvgIpc) is 2.33. The molecule has 1 aromatic carbocycles. The van der Waals surface area contributed by atoms with E-state index in [0.717, 1.165) is 16.7 Å². The number of rotatable bonds is 0. The Hall–Kier alpha value is -1.51. The first-order valence-electron chi connectivity index (χ1n) is 2.96.